The molecular formula is C25H20ClF2NO7S. The fraction of sp³-hybridized carbons (Fsp3) is 0.240. The molecule has 0 aliphatic carbocycles. The van der Waals surface area contributed by atoms with E-state index in [1.54, 1.807) is 24.3 Å². The van der Waals surface area contributed by atoms with E-state index in [1.165, 1.54) is 11.0 Å². The third kappa shape index (κ3) is 5.74. The molecule has 1 fully saturated rings. The number of aromatic carboxylic acids is 1. The number of ether oxygens (including phenoxy) is 2. The molecule has 8 nitrogen and oxygen atoms in total. The van der Waals surface area contributed by atoms with Gasteiger partial charge in [0, 0.05) is 30.5 Å². The SMILES string of the molecule is O=C(O)COc1c(C(=O)O)sc(-c2cccc(N(C(=O)c3ccc(F)c(F)c3)C3CCOCC3)c2)c1Cl. The van der Waals surface area contributed by atoms with Gasteiger partial charge in [0.2, 0.25) is 0 Å². The molecule has 12 heteroatoms. The van der Waals surface area contributed by atoms with Gasteiger partial charge in [-0.2, -0.15) is 0 Å². The van der Waals surface area contributed by atoms with Crippen molar-refractivity contribution in [1.29, 1.82) is 0 Å². The molecular weight excluding hydrogens is 532 g/mol. The van der Waals surface area contributed by atoms with Crippen LogP contribution in [-0.4, -0.2) is 53.9 Å². The van der Waals surface area contributed by atoms with Gasteiger partial charge < -0.3 is 24.6 Å². The lowest BCUT2D eigenvalue weighted by Crippen LogP contribution is -2.43. The molecule has 1 saturated heterocycles. The van der Waals surface area contributed by atoms with E-state index in [1.807, 2.05) is 0 Å². The Bertz CT molecular complexity index is 1360. The van der Waals surface area contributed by atoms with Gasteiger partial charge in [-0.25, -0.2) is 18.4 Å². The molecule has 0 saturated carbocycles. The predicted molar refractivity (Wildman–Crippen MR) is 132 cm³/mol. The first kappa shape index (κ1) is 26.5. The summed E-state index contributed by atoms with van der Waals surface area (Å²) in [7, 11) is 0. The van der Waals surface area contributed by atoms with Crippen LogP contribution in [0.5, 0.6) is 5.75 Å². The molecule has 4 rings (SSSR count). The predicted octanol–water partition coefficient (Wildman–Crippen LogP) is 5.33. The lowest BCUT2D eigenvalue weighted by molar-refractivity contribution is -0.139. The number of halogens is 3. The Morgan fingerprint density at radius 1 is 1.08 bits per heavy atom. The quantitative estimate of drug-likeness (QED) is 0.389. The maximum Gasteiger partial charge on any atom is 0.349 e. The molecule has 0 spiro atoms. The van der Waals surface area contributed by atoms with Crippen LogP contribution in [0.15, 0.2) is 42.5 Å². The number of benzene rings is 2. The van der Waals surface area contributed by atoms with Crippen LogP contribution in [0.3, 0.4) is 0 Å². The van der Waals surface area contributed by atoms with E-state index in [4.69, 9.17) is 26.2 Å². The third-order valence-electron chi connectivity index (χ3n) is 5.67. The highest BCUT2D eigenvalue weighted by Gasteiger charge is 2.30. The van der Waals surface area contributed by atoms with Crippen molar-refractivity contribution in [2.24, 2.45) is 0 Å². The Morgan fingerprint density at radius 3 is 2.46 bits per heavy atom. The molecule has 2 aromatic carbocycles. The molecule has 3 aromatic rings. The Labute approximate surface area is 218 Å². The van der Waals surface area contributed by atoms with Gasteiger partial charge in [-0.3, -0.25) is 4.79 Å². The number of carboxylic acid groups (broad SMARTS) is 2. The number of carbonyl (C=O) groups is 3. The number of hydrogen-bond acceptors (Lipinski definition) is 6. The van der Waals surface area contributed by atoms with E-state index in [-0.39, 0.29) is 27.3 Å². The lowest BCUT2D eigenvalue weighted by Gasteiger charge is -2.34. The minimum Gasteiger partial charge on any atom is -0.479 e. The Morgan fingerprint density at radius 2 is 1.81 bits per heavy atom. The highest BCUT2D eigenvalue weighted by atomic mass is 35.5. The summed E-state index contributed by atoms with van der Waals surface area (Å²) in [5.41, 5.74) is 0.839. The van der Waals surface area contributed by atoms with Crippen molar-refractivity contribution in [3.63, 3.8) is 0 Å². The lowest BCUT2D eigenvalue weighted by atomic mass is 10.0. The van der Waals surface area contributed by atoms with Crippen molar-refractivity contribution in [2.75, 3.05) is 24.7 Å². The molecule has 0 unspecified atom stereocenters. The summed E-state index contributed by atoms with van der Waals surface area (Å²) in [4.78, 5) is 37.7. The van der Waals surface area contributed by atoms with Crippen molar-refractivity contribution < 1.29 is 42.9 Å². The summed E-state index contributed by atoms with van der Waals surface area (Å²) < 4.78 is 38.0. The number of carbonyl (C=O) groups excluding carboxylic acids is 1. The standard InChI is InChI=1S/C25H20ClF2NO7S/c26-20-21(36-12-19(30)31)23(25(33)34)37-22(20)13-2-1-3-16(10-13)29(15-6-8-35-9-7-15)24(32)14-4-5-17(27)18(28)11-14/h1-5,10-11,15H,6-9,12H2,(H,30,31)(H,33,34). The average Bonchev–Trinajstić information content (AvgIpc) is 3.21. The number of rotatable bonds is 8. The van der Waals surface area contributed by atoms with E-state index < -0.39 is 36.1 Å². The molecule has 1 aromatic heterocycles. The van der Waals surface area contributed by atoms with Crippen molar-refractivity contribution in [1.82, 2.24) is 0 Å². The first-order chi connectivity index (χ1) is 17.7. The number of anilines is 1. The molecule has 2 heterocycles. The summed E-state index contributed by atoms with van der Waals surface area (Å²) in [5.74, 6) is -5.67. The molecule has 0 radical (unpaired) electrons. The van der Waals surface area contributed by atoms with Crippen LogP contribution in [-0.2, 0) is 9.53 Å². The van der Waals surface area contributed by atoms with Gasteiger partial charge in [0.1, 0.15) is 5.02 Å². The fourth-order valence-corrected chi connectivity index (χ4v) is 5.39. The van der Waals surface area contributed by atoms with Crippen molar-refractivity contribution in [3.8, 4) is 16.2 Å². The van der Waals surface area contributed by atoms with Gasteiger partial charge in [-0.05, 0) is 48.7 Å². The maximum atomic E-state index is 13.9. The summed E-state index contributed by atoms with van der Waals surface area (Å²) in [6.45, 7) is 0.0420. The van der Waals surface area contributed by atoms with Crippen LogP contribution in [0.2, 0.25) is 5.02 Å². The minimum atomic E-state index is -1.34. The highest BCUT2D eigenvalue weighted by Crippen LogP contribution is 2.46. The van der Waals surface area contributed by atoms with Crippen LogP contribution in [0.25, 0.3) is 10.4 Å². The molecule has 2 N–H and O–H groups in total. The molecule has 1 aliphatic heterocycles. The maximum absolute atomic E-state index is 13.9. The van der Waals surface area contributed by atoms with Gasteiger partial charge >= 0.3 is 11.9 Å². The van der Waals surface area contributed by atoms with Crippen molar-refractivity contribution in [3.05, 3.63) is 69.6 Å². The zero-order chi connectivity index (χ0) is 26.7. The summed E-state index contributed by atoms with van der Waals surface area (Å²) in [5, 5.41) is 18.4. The molecule has 1 amide bonds. The topological polar surface area (TPSA) is 113 Å². The monoisotopic (exact) mass is 551 g/mol. The number of aliphatic carboxylic acids is 1. The van der Waals surface area contributed by atoms with Crippen LogP contribution in [0.1, 0.15) is 32.9 Å². The molecule has 1 aliphatic rings. The van der Waals surface area contributed by atoms with Gasteiger partial charge in [-0.1, -0.05) is 23.7 Å². The van der Waals surface area contributed by atoms with Crippen LogP contribution >= 0.6 is 22.9 Å². The largest absolute Gasteiger partial charge is 0.479 e. The van der Waals surface area contributed by atoms with E-state index in [9.17, 15) is 28.3 Å². The molecule has 0 bridgehead atoms. The Kier molecular flexibility index (Phi) is 8.06. The highest BCUT2D eigenvalue weighted by molar-refractivity contribution is 7.18. The molecule has 37 heavy (non-hydrogen) atoms. The normalized spacial score (nSPS) is 13.8. The second-order valence-corrected chi connectivity index (χ2v) is 9.49. The van der Waals surface area contributed by atoms with Gasteiger partial charge in [-0.15, -0.1) is 11.3 Å². The summed E-state index contributed by atoms with van der Waals surface area (Å²) in [6, 6.07) is 9.22. The fourth-order valence-electron chi connectivity index (χ4n) is 3.99. The van der Waals surface area contributed by atoms with Crippen LogP contribution < -0.4 is 9.64 Å². The Hall–Kier alpha value is -3.54. The number of carboxylic acids is 2. The molecule has 0 atom stereocenters. The first-order valence-corrected chi connectivity index (χ1v) is 12.2. The van der Waals surface area contributed by atoms with Crippen molar-refractivity contribution >= 4 is 46.5 Å². The number of thiophene rings is 1. The smallest absolute Gasteiger partial charge is 0.349 e. The minimum absolute atomic E-state index is 0.0394. The van der Waals surface area contributed by atoms with Crippen LogP contribution in [0, 0.1) is 11.6 Å². The Balaban J connectivity index is 1.77. The van der Waals surface area contributed by atoms with Gasteiger partial charge in [0.15, 0.2) is 28.9 Å². The number of hydrogen-bond donors (Lipinski definition) is 2. The van der Waals surface area contributed by atoms with Gasteiger partial charge in [0.05, 0.1) is 4.88 Å². The average molecular weight is 552 g/mol. The zero-order valence-corrected chi connectivity index (χ0v) is 20.7. The second kappa shape index (κ2) is 11.2. The van der Waals surface area contributed by atoms with E-state index in [0.717, 1.165) is 23.5 Å². The van der Waals surface area contributed by atoms with Crippen LogP contribution in [0.4, 0.5) is 14.5 Å². The summed E-state index contributed by atoms with van der Waals surface area (Å²) in [6.07, 6.45) is 1.02. The zero-order valence-electron chi connectivity index (χ0n) is 19.1. The third-order valence-corrected chi connectivity index (χ3v) is 7.35. The van der Waals surface area contributed by atoms with E-state index in [2.05, 4.69) is 0 Å². The van der Waals surface area contributed by atoms with Gasteiger partial charge in [0.25, 0.3) is 5.91 Å². The molecule has 194 valence electrons. The number of amides is 1. The number of nitrogens with zero attached hydrogens (tertiary/aromatic N) is 1. The van der Waals surface area contributed by atoms with E-state index in [0.29, 0.717) is 42.2 Å². The summed E-state index contributed by atoms with van der Waals surface area (Å²) >= 11 is 7.22. The van der Waals surface area contributed by atoms with E-state index >= 15 is 0 Å². The first-order valence-electron chi connectivity index (χ1n) is 11.0. The van der Waals surface area contributed by atoms with Crippen molar-refractivity contribution in [2.45, 2.75) is 18.9 Å². The second-order valence-electron chi connectivity index (χ2n) is 8.09.